The molecule has 0 radical (unpaired) electrons. The molecule has 9 heteroatoms. The van der Waals surface area contributed by atoms with Gasteiger partial charge in [0.1, 0.15) is 24.7 Å². The predicted octanol–water partition coefficient (Wildman–Crippen LogP) is 6.69. The molecule has 0 unspecified atom stereocenters. The number of nitrogens with zero attached hydrogens (tertiary/aromatic N) is 1. The molecule has 0 aromatic heterocycles. The van der Waals surface area contributed by atoms with Crippen LogP contribution in [-0.4, -0.2) is 56.7 Å². The molecule has 0 bridgehead atoms. The number of phenols is 1. The van der Waals surface area contributed by atoms with Crippen LogP contribution in [0.4, 0.5) is 5.69 Å². The second-order valence-electron chi connectivity index (χ2n) is 12.9. The number of carbonyl (C=O) groups is 2. The third-order valence-corrected chi connectivity index (χ3v) is 7.02. The lowest BCUT2D eigenvalue weighted by molar-refractivity contribution is -0.146. The predicted molar refractivity (Wildman–Crippen MR) is 167 cm³/mol. The van der Waals surface area contributed by atoms with Gasteiger partial charge in [-0.3, -0.25) is 9.59 Å². The Morgan fingerprint density at radius 2 is 1.09 bits per heavy atom. The smallest absolute Gasteiger partial charge is 0.306 e. The van der Waals surface area contributed by atoms with Gasteiger partial charge in [0, 0.05) is 12.8 Å². The third-order valence-electron chi connectivity index (χ3n) is 7.02. The lowest BCUT2D eigenvalue weighted by atomic mass is 9.83. The van der Waals surface area contributed by atoms with Gasteiger partial charge in [0.15, 0.2) is 0 Å². The molecule has 2 aromatic rings. The molecule has 2 rings (SSSR count). The van der Waals surface area contributed by atoms with Crippen molar-refractivity contribution in [3.05, 3.63) is 62.6 Å². The van der Waals surface area contributed by atoms with Gasteiger partial charge in [-0.25, -0.2) is 0 Å². The van der Waals surface area contributed by atoms with Crippen molar-refractivity contribution in [3.8, 4) is 5.75 Å². The maximum atomic E-state index is 12.2. The van der Waals surface area contributed by atoms with Crippen molar-refractivity contribution >= 4 is 17.6 Å². The second-order valence-corrected chi connectivity index (χ2v) is 12.9. The summed E-state index contributed by atoms with van der Waals surface area (Å²) in [5.41, 5.74) is 5.33. The number of benzene rings is 2. The summed E-state index contributed by atoms with van der Waals surface area (Å²) in [4.78, 5) is 35.6. The monoisotopic (exact) mass is 599 g/mol. The molecule has 9 nitrogen and oxygen atoms in total. The summed E-state index contributed by atoms with van der Waals surface area (Å²) in [6.07, 6.45) is 1.52. The van der Waals surface area contributed by atoms with Crippen molar-refractivity contribution in [2.45, 2.75) is 91.9 Å². The molecule has 0 saturated heterocycles. The number of phenolic OH excluding ortho intramolecular Hbond substituents is 1. The van der Waals surface area contributed by atoms with E-state index in [-0.39, 0.29) is 62.0 Å². The molecule has 1 N–H and O–H groups in total. The standard InChI is InChI=1S/C34H49NO8/c1-23-19-25(21-27(31(23)35-39)33(3,4)5)9-11-29(36)42-17-15-40-13-14-41-16-18-43-30(37)12-10-26-20-24(2)32(38)28(22-26)34(6,7)8/h19-22,38H,9-18H2,1-8H3. The number of esters is 2. The van der Waals surface area contributed by atoms with Gasteiger partial charge < -0.3 is 24.1 Å². The molecule has 0 aliphatic rings. The minimum Gasteiger partial charge on any atom is -0.507 e. The van der Waals surface area contributed by atoms with Crippen LogP contribution in [0.1, 0.15) is 87.8 Å². The Balaban J connectivity index is 1.55. The third kappa shape index (κ3) is 12.1. The van der Waals surface area contributed by atoms with Crippen LogP contribution in [0.15, 0.2) is 29.4 Å². The average Bonchev–Trinajstić information content (AvgIpc) is 2.91. The highest BCUT2D eigenvalue weighted by atomic mass is 16.6. The summed E-state index contributed by atoms with van der Waals surface area (Å²) in [7, 11) is 0. The van der Waals surface area contributed by atoms with Crippen molar-refractivity contribution < 1.29 is 33.6 Å². The SMILES string of the molecule is Cc1cc(CCC(=O)OCCOCCOCCOC(=O)CCc2cc(C)c(N=O)c(C(C)(C)C)c2)cc(C(C)(C)C)c1O. The Bertz CT molecular complexity index is 1240. The van der Waals surface area contributed by atoms with Gasteiger partial charge in [0.2, 0.25) is 0 Å². The number of hydrogen-bond acceptors (Lipinski definition) is 9. The van der Waals surface area contributed by atoms with E-state index in [4.69, 9.17) is 18.9 Å². The fourth-order valence-electron chi connectivity index (χ4n) is 4.65. The van der Waals surface area contributed by atoms with E-state index < -0.39 is 0 Å². The maximum absolute atomic E-state index is 12.2. The molecule has 238 valence electrons. The van der Waals surface area contributed by atoms with Gasteiger partial charge in [-0.15, -0.1) is 4.91 Å². The minimum atomic E-state index is -0.315. The summed E-state index contributed by atoms with van der Waals surface area (Å²) in [6, 6.07) is 7.70. The van der Waals surface area contributed by atoms with Crippen molar-refractivity contribution in [3.63, 3.8) is 0 Å². The van der Waals surface area contributed by atoms with Crippen LogP contribution in [-0.2, 0) is 52.2 Å². The van der Waals surface area contributed by atoms with Gasteiger partial charge in [-0.05, 0) is 76.1 Å². The number of carbonyl (C=O) groups excluding carboxylic acids is 2. The Morgan fingerprint density at radius 1 is 0.674 bits per heavy atom. The Hall–Kier alpha value is -3.30. The molecule has 0 fully saturated rings. The van der Waals surface area contributed by atoms with E-state index in [0.29, 0.717) is 37.5 Å². The largest absolute Gasteiger partial charge is 0.507 e. The highest BCUT2D eigenvalue weighted by Gasteiger charge is 2.22. The molecule has 0 atom stereocenters. The molecular formula is C34H49NO8. The lowest BCUT2D eigenvalue weighted by Gasteiger charge is -2.22. The molecule has 0 saturated carbocycles. The number of hydrogen-bond donors (Lipinski definition) is 1. The van der Waals surface area contributed by atoms with Crippen LogP contribution in [0.3, 0.4) is 0 Å². The van der Waals surface area contributed by atoms with Gasteiger partial charge >= 0.3 is 11.9 Å². The second kappa shape index (κ2) is 16.5. The molecule has 0 spiro atoms. The molecule has 0 aliphatic heterocycles. The molecule has 0 amide bonds. The Labute approximate surface area is 256 Å². The highest BCUT2D eigenvalue weighted by Crippen LogP contribution is 2.36. The quantitative estimate of drug-likeness (QED) is 0.129. The van der Waals surface area contributed by atoms with Crippen LogP contribution in [0, 0.1) is 18.8 Å². The molecule has 43 heavy (non-hydrogen) atoms. The van der Waals surface area contributed by atoms with E-state index in [1.54, 1.807) is 0 Å². The molecule has 0 heterocycles. The van der Waals surface area contributed by atoms with E-state index in [1.807, 2.05) is 79.7 Å². The van der Waals surface area contributed by atoms with Gasteiger partial charge in [-0.1, -0.05) is 65.8 Å². The summed E-state index contributed by atoms with van der Waals surface area (Å²) in [5, 5.41) is 13.6. The normalized spacial score (nSPS) is 11.8. The lowest BCUT2D eigenvalue weighted by Crippen LogP contribution is -2.16. The van der Waals surface area contributed by atoms with E-state index in [2.05, 4.69) is 5.18 Å². The van der Waals surface area contributed by atoms with Gasteiger partial charge in [-0.2, -0.15) is 0 Å². The van der Waals surface area contributed by atoms with Gasteiger partial charge in [0.05, 0.1) is 26.4 Å². The fraction of sp³-hybridized carbons (Fsp3) is 0.588. The first-order valence-electron chi connectivity index (χ1n) is 14.9. The van der Waals surface area contributed by atoms with E-state index in [1.165, 1.54) is 0 Å². The van der Waals surface area contributed by atoms with E-state index in [0.717, 1.165) is 33.4 Å². The minimum absolute atomic E-state index is 0.147. The van der Waals surface area contributed by atoms with Crippen molar-refractivity contribution in [1.82, 2.24) is 0 Å². The number of nitroso groups, excluding NO2 is 1. The molecule has 2 aromatic carbocycles. The van der Waals surface area contributed by atoms with Crippen molar-refractivity contribution in [1.29, 1.82) is 0 Å². The number of aryl methyl sites for hydroxylation is 4. The van der Waals surface area contributed by atoms with Crippen LogP contribution < -0.4 is 0 Å². The van der Waals surface area contributed by atoms with Crippen molar-refractivity contribution in [2.75, 3.05) is 39.6 Å². The van der Waals surface area contributed by atoms with Crippen LogP contribution in [0.25, 0.3) is 0 Å². The zero-order valence-electron chi connectivity index (χ0n) is 27.1. The van der Waals surface area contributed by atoms with Crippen LogP contribution in [0.5, 0.6) is 5.75 Å². The topological polar surface area (TPSA) is 121 Å². The first kappa shape index (κ1) is 35.9. The summed E-state index contributed by atoms with van der Waals surface area (Å²) < 4.78 is 21.4. The Morgan fingerprint density at radius 3 is 1.53 bits per heavy atom. The van der Waals surface area contributed by atoms with Crippen molar-refractivity contribution in [2.24, 2.45) is 5.18 Å². The number of aromatic hydroxyl groups is 1. The van der Waals surface area contributed by atoms with Crippen LogP contribution in [0.2, 0.25) is 0 Å². The molecular weight excluding hydrogens is 550 g/mol. The van der Waals surface area contributed by atoms with Gasteiger partial charge in [0.25, 0.3) is 0 Å². The summed E-state index contributed by atoms with van der Waals surface area (Å²) in [5.74, 6) is -0.312. The van der Waals surface area contributed by atoms with E-state index in [9.17, 15) is 19.6 Å². The first-order valence-corrected chi connectivity index (χ1v) is 14.9. The van der Waals surface area contributed by atoms with E-state index >= 15 is 0 Å². The summed E-state index contributed by atoms with van der Waals surface area (Å²) in [6.45, 7) is 17.4. The first-order chi connectivity index (χ1) is 20.1. The maximum Gasteiger partial charge on any atom is 0.306 e. The van der Waals surface area contributed by atoms with Crippen LogP contribution >= 0.6 is 0 Å². The zero-order valence-corrected chi connectivity index (χ0v) is 27.1. The highest BCUT2D eigenvalue weighted by molar-refractivity contribution is 5.70. The number of rotatable bonds is 16. The fourth-order valence-corrected chi connectivity index (χ4v) is 4.65. The number of ether oxygens (including phenoxy) is 4. The molecule has 0 aliphatic carbocycles. The average molecular weight is 600 g/mol. The summed E-state index contributed by atoms with van der Waals surface area (Å²) >= 11 is 0. The zero-order chi connectivity index (χ0) is 32.2. The Kier molecular flexibility index (Phi) is 13.8.